The second kappa shape index (κ2) is 5.60. The minimum Gasteiger partial charge on any atom is -0.373 e. The van der Waals surface area contributed by atoms with Gasteiger partial charge in [0.1, 0.15) is 29.6 Å². The van der Waals surface area contributed by atoms with Crippen molar-refractivity contribution in [3.63, 3.8) is 0 Å². The van der Waals surface area contributed by atoms with E-state index in [4.69, 9.17) is 0 Å². The summed E-state index contributed by atoms with van der Waals surface area (Å²) >= 11 is 0. The molecule has 1 aromatic carbocycles. The largest absolute Gasteiger partial charge is 0.373 e. The highest BCUT2D eigenvalue weighted by Crippen LogP contribution is 2.25. The fourth-order valence-corrected chi connectivity index (χ4v) is 1.79. The Labute approximate surface area is 109 Å². The normalized spacial score (nSPS) is 10.3. The smallest absolute Gasteiger partial charge is 0.149 e. The molecule has 0 atom stereocenters. The number of hydrogen-bond donors (Lipinski definition) is 2. The molecular weight excluding hydrogens is 250 g/mol. The topological polar surface area (TPSA) is 49.8 Å². The van der Waals surface area contributed by atoms with Gasteiger partial charge in [-0.3, -0.25) is 0 Å². The van der Waals surface area contributed by atoms with Gasteiger partial charge in [0, 0.05) is 18.7 Å². The van der Waals surface area contributed by atoms with Crippen LogP contribution in [0.1, 0.15) is 12.5 Å². The summed E-state index contributed by atoms with van der Waals surface area (Å²) in [5.41, 5.74) is 1.02. The van der Waals surface area contributed by atoms with Gasteiger partial charge in [0.2, 0.25) is 0 Å². The van der Waals surface area contributed by atoms with E-state index in [-0.39, 0.29) is 5.69 Å². The maximum atomic E-state index is 13.6. The average Bonchev–Trinajstić information content (AvgIpc) is 2.41. The fourth-order valence-electron chi connectivity index (χ4n) is 1.79. The molecular formula is C13H14F2N4. The molecule has 1 aromatic heterocycles. The Kier molecular flexibility index (Phi) is 3.89. The van der Waals surface area contributed by atoms with E-state index in [2.05, 4.69) is 20.6 Å². The molecule has 0 amide bonds. The lowest BCUT2D eigenvalue weighted by atomic mass is 10.2. The quantitative estimate of drug-likeness (QED) is 0.891. The molecule has 6 heteroatoms. The van der Waals surface area contributed by atoms with Crippen LogP contribution in [0.5, 0.6) is 0 Å². The Morgan fingerprint density at radius 1 is 1.16 bits per heavy atom. The number of halogens is 2. The molecule has 0 saturated carbocycles. The monoisotopic (exact) mass is 264 g/mol. The molecule has 2 N–H and O–H groups in total. The van der Waals surface area contributed by atoms with Crippen molar-refractivity contribution >= 4 is 17.3 Å². The van der Waals surface area contributed by atoms with Crippen LogP contribution in [0.15, 0.2) is 24.5 Å². The first kappa shape index (κ1) is 13.2. The van der Waals surface area contributed by atoms with Crippen molar-refractivity contribution in [1.29, 1.82) is 0 Å². The summed E-state index contributed by atoms with van der Waals surface area (Å²) in [4.78, 5) is 8.19. The first-order valence-electron chi connectivity index (χ1n) is 5.89. The molecule has 0 spiro atoms. The number of anilines is 3. The van der Waals surface area contributed by atoms with E-state index in [1.807, 2.05) is 6.92 Å². The molecule has 1 heterocycles. The number of rotatable bonds is 4. The number of nitrogens with one attached hydrogen (secondary N) is 2. The van der Waals surface area contributed by atoms with E-state index in [0.29, 0.717) is 18.1 Å². The lowest BCUT2D eigenvalue weighted by Crippen LogP contribution is -2.05. The van der Waals surface area contributed by atoms with Gasteiger partial charge >= 0.3 is 0 Å². The third-order valence-corrected chi connectivity index (χ3v) is 2.72. The molecule has 0 fully saturated rings. The molecule has 0 aliphatic rings. The van der Waals surface area contributed by atoms with Crippen molar-refractivity contribution in [2.24, 2.45) is 0 Å². The van der Waals surface area contributed by atoms with Gasteiger partial charge < -0.3 is 10.6 Å². The molecule has 4 nitrogen and oxygen atoms in total. The van der Waals surface area contributed by atoms with E-state index in [0.717, 1.165) is 11.6 Å². The van der Waals surface area contributed by atoms with Crippen LogP contribution in [-0.4, -0.2) is 17.0 Å². The second-order valence-corrected chi connectivity index (χ2v) is 3.90. The van der Waals surface area contributed by atoms with Gasteiger partial charge in [-0.2, -0.15) is 0 Å². The predicted octanol–water partition coefficient (Wildman–Crippen LogP) is 3.10. The van der Waals surface area contributed by atoms with E-state index < -0.39 is 11.6 Å². The summed E-state index contributed by atoms with van der Waals surface area (Å²) in [6.07, 6.45) is 2.07. The fraction of sp³-hybridized carbons (Fsp3) is 0.231. The van der Waals surface area contributed by atoms with Crippen molar-refractivity contribution in [3.8, 4) is 0 Å². The van der Waals surface area contributed by atoms with Gasteiger partial charge in [0.25, 0.3) is 0 Å². The van der Waals surface area contributed by atoms with Crippen molar-refractivity contribution in [1.82, 2.24) is 9.97 Å². The van der Waals surface area contributed by atoms with Gasteiger partial charge in [-0.1, -0.05) is 6.92 Å². The minimum absolute atomic E-state index is 0.178. The highest BCUT2D eigenvalue weighted by Gasteiger charge is 2.11. The van der Waals surface area contributed by atoms with E-state index >= 15 is 0 Å². The Hall–Kier alpha value is -2.24. The predicted molar refractivity (Wildman–Crippen MR) is 70.6 cm³/mol. The number of hydrogen-bond acceptors (Lipinski definition) is 4. The standard InChI is InChI=1S/C13H14F2N4/c1-3-9-12(16-2)17-7-18-13(9)19-11-5-4-8(14)6-10(11)15/h4-7H,3H2,1-2H3,(H2,16,17,18,19). The van der Waals surface area contributed by atoms with Gasteiger partial charge in [0.05, 0.1) is 5.69 Å². The average molecular weight is 264 g/mol. The van der Waals surface area contributed by atoms with Crippen LogP contribution < -0.4 is 10.6 Å². The third-order valence-electron chi connectivity index (χ3n) is 2.72. The molecule has 19 heavy (non-hydrogen) atoms. The van der Waals surface area contributed by atoms with Gasteiger partial charge in [0.15, 0.2) is 0 Å². The van der Waals surface area contributed by atoms with Gasteiger partial charge in [-0.15, -0.1) is 0 Å². The highest BCUT2D eigenvalue weighted by atomic mass is 19.1. The van der Waals surface area contributed by atoms with Crippen LogP contribution in [0.25, 0.3) is 0 Å². The number of aromatic nitrogens is 2. The third kappa shape index (κ3) is 2.78. The molecule has 0 bridgehead atoms. The Morgan fingerprint density at radius 2 is 1.89 bits per heavy atom. The summed E-state index contributed by atoms with van der Waals surface area (Å²) in [6, 6.07) is 3.36. The van der Waals surface area contributed by atoms with E-state index in [1.54, 1.807) is 7.05 Å². The Bertz CT molecular complexity index is 587. The molecule has 2 aromatic rings. The van der Waals surface area contributed by atoms with Crippen LogP contribution in [-0.2, 0) is 6.42 Å². The molecule has 0 aliphatic heterocycles. The van der Waals surface area contributed by atoms with Gasteiger partial charge in [-0.05, 0) is 18.6 Å². The maximum Gasteiger partial charge on any atom is 0.149 e. The Morgan fingerprint density at radius 3 is 2.53 bits per heavy atom. The number of benzene rings is 1. The maximum absolute atomic E-state index is 13.6. The van der Waals surface area contributed by atoms with Crippen LogP contribution in [0.4, 0.5) is 26.1 Å². The van der Waals surface area contributed by atoms with Crippen LogP contribution >= 0.6 is 0 Å². The zero-order valence-electron chi connectivity index (χ0n) is 10.7. The first-order valence-corrected chi connectivity index (χ1v) is 5.89. The highest BCUT2D eigenvalue weighted by molar-refractivity contribution is 5.65. The summed E-state index contributed by atoms with van der Waals surface area (Å²) in [5.74, 6) is -0.0843. The Balaban J connectivity index is 2.37. The molecule has 0 aliphatic carbocycles. The van der Waals surface area contributed by atoms with Crippen LogP contribution in [0, 0.1) is 11.6 Å². The zero-order valence-corrected chi connectivity index (χ0v) is 10.7. The molecule has 0 saturated heterocycles. The van der Waals surface area contributed by atoms with E-state index in [1.165, 1.54) is 18.5 Å². The molecule has 100 valence electrons. The molecule has 2 rings (SSSR count). The van der Waals surface area contributed by atoms with Crippen LogP contribution in [0.3, 0.4) is 0 Å². The van der Waals surface area contributed by atoms with E-state index in [9.17, 15) is 8.78 Å². The summed E-state index contributed by atoms with van der Waals surface area (Å²) in [7, 11) is 1.75. The van der Waals surface area contributed by atoms with Crippen molar-refractivity contribution in [3.05, 3.63) is 41.7 Å². The van der Waals surface area contributed by atoms with Gasteiger partial charge in [-0.25, -0.2) is 18.7 Å². The zero-order chi connectivity index (χ0) is 13.8. The SMILES string of the molecule is CCc1c(NC)ncnc1Nc1ccc(F)cc1F. The summed E-state index contributed by atoms with van der Waals surface area (Å²) in [5, 5.41) is 5.81. The minimum atomic E-state index is -0.660. The second-order valence-electron chi connectivity index (χ2n) is 3.90. The van der Waals surface area contributed by atoms with Crippen LogP contribution in [0.2, 0.25) is 0 Å². The molecule has 0 unspecified atom stereocenters. The van der Waals surface area contributed by atoms with Crippen molar-refractivity contribution in [2.45, 2.75) is 13.3 Å². The molecule has 0 radical (unpaired) electrons. The summed E-state index contributed by atoms with van der Waals surface area (Å²) < 4.78 is 26.4. The lowest BCUT2D eigenvalue weighted by Gasteiger charge is -2.13. The lowest BCUT2D eigenvalue weighted by molar-refractivity contribution is 0.586. The van der Waals surface area contributed by atoms with Crippen molar-refractivity contribution < 1.29 is 8.78 Å². The number of nitrogens with zero attached hydrogens (tertiary/aromatic N) is 2. The summed E-state index contributed by atoms with van der Waals surface area (Å²) in [6.45, 7) is 1.95. The first-order chi connectivity index (χ1) is 9.15. The van der Waals surface area contributed by atoms with Crippen molar-refractivity contribution in [2.75, 3.05) is 17.7 Å².